The molecule has 0 bridgehead atoms. The molecule has 0 aliphatic rings. The number of carbonyl (C=O) groups is 3. The average molecular weight is 867 g/mol. The van der Waals surface area contributed by atoms with E-state index in [1.165, 1.54) is 135 Å². The Labute approximate surface area is 383 Å². The maximum absolute atomic E-state index is 12.7. The fourth-order valence-corrected chi connectivity index (χ4v) is 7.36. The van der Waals surface area contributed by atoms with Crippen LogP contribution < -0.4 is 0 Å². The monoisotopic (exact) mass is 867 g/mol. The van der Waals surface area contributed by atoms with Gasteiger partial charge in [0.15, 0.2) is 6.10 Å². The Kier molecular flexibility index (Phi) is 48.4. The van der Waals surface area contributed by atoms with Crippen LogP contribution in [0.4, 0.5) is 0 Å². The summed E-state index contributed by atoms with van der Waals surface area (Å²) in [5.74, 6) is -0.953. The lowest BCUT2D eigenvalue weighted by Crippen LogP contribution is -2.30. The summed E-state index contributed by atoms with van der Waals surface area (Å²) in [6.07, 6.45) is 62.4. The number of allylic oxidation sites excluding steroid dienone is 10. The predicted octanol–water partition coefficient (Wildman–Crippen LogP) is 17.3. The maximum Gasteiger partial charge on any atom is 0.306 e. The zero-order chi connectivity index (χ0) is 45.1. The van der Waals surface area contributed by atoms with Crippen LogP contribution >= 0.6 is 0 Å². The van der Waals surface area contributed by atoms with Gasteiger partial charge >= 0.3 is 17.9 Å². The van der Waals surface area contributed by atoms with Gasteiger partial charge in [0.2, 0.25) is 0 Å². The van der Waals surface area contributed by atoms with E-state index in [2.05, 4.69) is 81.5 Å². The quantitative estimate of drug-likeness (QED) is 0.0262. The van der Waals surface area contributed by atoms with Crippen LogP contribution in [0.2, 0.25) is 0 Å². The summed E-state index contributed by atoms with van der Waals surface area (Å²) in [6.45, 7) is 6.45. The number of unbranched alkanes of at least 4 members (excludes halogenated alkanes) is 26. The molecule has 6 nitrogen and oxygen atoms in total. The Balaban J connectivity index is 4.28. The van der Waals surface area contributed by atoms with Crippen LogP contribution in [0, 0.1) is 0 Å². The molecular formula is C56H98O6. The molecule has 0 aromatic carbocycles. The molecule has 1 unspecified atom stereocenters. The van der Waals surface area contributed by atoms with Gasteiger partial charge in [-0.25, -0.2) is 0 Å². The predicted molar refractivity (Wildman–Crippen MR) is 265 cm³/mol. The van der Waals surface area contributed by atoms with E-state index in [4.69, 9.17) is 14.2 Å². The molecule has 1 atom stereocenters. The Morgan fingerprint density at radius 1 is 0.339 bits per heavy atom. The molecule has 0 fully saturated rings. The van der Waals surface area contributed by atoms with Crippen molar-refractivity contribution in [2.75, 3.05) is 13.2 Å². The largest absolute Gasteiger partial charge is 0.462 e. The summed E-state index contributed by atoms with van der Waals surface area (Å²) in [7, 11) is 0. The second kappa shape index (κ2) is 50.8. The summed E-state index contributed by atoms with van der Waals surface area (Å²) >= 11 is 0. The van der Waals surface area contributed by atoms with Crippen molar-refractivity contribution >= 4 is 17.9 Å². The number of esters is 3. The van der Waals surface area contributed by atoms with Gasteiger partial charge in [-0.3, -0.25) is 14.4 Å². The number of rotatable bonds is 47. The van der Waals surface area contributed by atoms with Crippen LogP contribution in [0.25, 0.3) is 0 Å². The third kappa shape index (κ3) is 48.1. The molecule has 62 heavy (non-hydrogen) atoms. The molecule has 0 saturated carbocycles. The minimum atomic E-state index is -0.798. The van der Waals surface area contributed by atoms with E-state index in [0.717, 1.165) is 77.0 Å². The van der Waals surface area contributed by atoms with Crippen molar-refractivity contribution in [2.45, 2.75) is 264 Å². The molecule has 0 aromatic heterocycles. The highest BCUT2D eigenvalue weighted by Gasteiger charge is 2.19. The molecule has 0 saturated heterocycles. The van der Waals surface area contributed by atoms with E-state index in [0.29, 0.717) is 19.3 Å². The molecule has 0 spiro atoms. The van der Waals surface area contributed by atoms with E-state index in [9.17, 15) is 14.4 Å². The molecule has 0 N–H and O–H groups in total. The molecule has 6 heteroatoms. The van der Waals surface area contributed by atoms with Crippen molar-refractivity contribution in [3.63, 3.8) is 0 Å². The molecule has 0 radical (unpaired) electrons. The molecule has 358 valence electrons. The number of carbonyl (C=O) groups excluding carboxylic acids is 3. The standard InChI is InChI=1S/C56H98O6/c1-4-7-10-13-16-18-20-22-24-26-27-28-30-31-33-35-37-40-43-46-49-55(58)61-52-53(51-60-54(57)48-45-42-39-15-12-9-6-3)62-56(59)50-47-44-41-38-36-34-32-29-25-23-21-19-17-14-11-8-5-2/h8,11,17,19,23,25,32,34,38,41,53H,4-7,9-10,12-16,18,20-22,24,26-31,33,35-37,39-40,42-52H2,1-3H3/b11-8-,19-17-,25-23-,34-32-,41-38-. The van der Waals surface area contributed by atoms with Gasteiger partial charge in [0.25, 0.3) is 0 Å². The average Bonchev–Trinajstić information content (AvgIpc) is 3.27. The molecule has 0 heterocycles. The van der Waals surface area contributed by atoms with Gasteiger partial charge in [-0.1, -0.05) is 242 Å². The normalized spacial score (nSPS) is 12.5. The highest BCUT2D eigenvalue weighted by Crippen LogP contribution is 2.16. The third-order valence-electron chi connectivity index (χ3n) is 11.3. The molecule has 0 aliphatic heterocycles. The van der Waals surface area contributed by atoms with Crippen molar-refractivity contribution in [3.8, 4) is 0 Å². The molecule has 0 aromatic rings. The van der Waals surface area contributed by atoms with Gasteiger partial charge in [0.05, 0.1) is 0 Å². The fourth-order valence-electron chi connectivity index (χ4n) is 7.36. The Morgan fingerprint density at radius 3 is 0.968 bits per heavy atom. The zero-order valence-corrected chi connectivity index (χ0v) is 40.9. The van der Waals surface area contributed by atoms with Crippen LogP contribution in [0.5, 0.6) is 0 Å². The summed E-state index contributed by atoms with van der Waals surface area (Å²) in [5, 5.41) is 0. The summed E-state index contributed by atoms with van der Waals surface area (Å²) in [5.41, 5.74) is 0. The highest BCUT2D eigenvalue weighted by molar-refractivity contribution is 5.71. The lowest BCUT2D eigenvalue weighted by Gasteiger charge is -2.18. The van der Waals surface area contributed by atoms with Crippen molar-refractivity contribution in [2.24, 2.45) is 0 Å². The van der Waals surface area contributed by atoms with Crippen LogP contribution in [0.1, 0.15) is 258 Å². The molecule has 0 rings (SSSR count). The van der Waals surface area contributed by atoms with Crippen LogP contribution in [-0.2, 0) is 28.6 Å². The fraction of sp³-hybridized carbons (Fsp3) is 0.768. The van der Waals surface area contributed by atoms with Gasteiger partial charge in [0.1, 0.15) is 13.2 Å². The highest BCUT2D eigenvalue weighted by atomic mass is 16.6. The second-order valence-corrected chi connectivity index (χ2v) is 17.4. The van der Waals surface area contributed by atoms with Crippen molar-refractivity contribution < 1.29 is 28.6 Å². The van der Waals surface area contributed by atoms with Gasteiger partial charge in [-0.05, 0) is 57.8 Å². The maximum atomic E-state index is 12.7. The SMILES string of the molecule is CC/C=C\C/C=C\C/C=C\C/C=C\C/C=C\CCCC(=O)OC(COC(=O)CCCCCCCCC)COC(=O)CCCCCCCCCCCCCCCCCCCCCC. The first-order chi connectivity index (χ1) is 30.5. The minimum absolute atomic E-state index is 0.0940. The minimum Gasteiger partial charge on any atom is -0.462 e. The van der Waals surface area contributed by atoms with Gasteiger partial charge < -0.3 is 14.2 Å². The first-order valence-electron chi connectivity index (χ1n) is 26.3. The third-order valence-corrected chi connectivity index (χ3v) is 11.3. The summed E-state index contributed by atoms with van der Waals surface area (Å²) in [6, 6.07) is 0. The summed E-state index contributed by atoms with van der Waals surface area (Å²) in [4.78, 5) is 37.8. The van der Waals surface area contributed by atoms with Crippen molar-refractivity contribution in [1.82, 2.24) is 0 Å². The zero-order valence-electron chi connectivity index (χ0n) is 40.9. The first kappa shape index (κ1) is 59.1. The van der Waals surface area contributed by atoms with Gasteiger partial charge in [-0.2, -0.15) is 0 Å². The van der Waals surface area contributed by atoms with E-state index >= 15 is 0 Å². The van der Waals surface area contributed by atoms with Gasteiger partial charge in [0, 0.05) is 19.3 Å². The number of hydrogen-bond acceptors (Lipinski definition) is 6. The Hall–Kier alpha value is -2.89. The summed E-state index contributed by atoms with van der Waals surface area (Å²) < 4.78 is 16.7. The van der Waals surface area contributed by atoms with Crippen molar-refractivity contribution in [3.05, 3.63) is 60.8 Å². The van der Waals surface area contributed by atoms with E-state index in [1.54, 1.807) is 0 Å². The second-order valence-electron chi connectivity index (χ2n) is 17.4. The molecular weight excluding hydrogens is 769 g/mol. The van der Waals surface area contributed by atoms with Gasteiger partial charge in [-0.15, -0.1) is 0 Å². The van der Waals surface area contributed by atoms with Crippen LogP contribution in [-0.4, -0.2) is 37.2 Å². The van der Waals surface area contributed by atoms with E-state index in [-0.39, 0.29) is 37.5 Å². The number of hydrogen-bond donors (Lipinski definition) is 0. The van der Waals surface area contributed by atoms with Crippen LogP contribution in [0.15, 0.2) is 60.8 Å². The topological polar surface area (TPSA) is 78.9 Å². The first-order valence-corrected chi connectivity index (χ1v) is 26.3. The van der Waals surface area contributed by atoms with E-state index < -0.39 is 6.10 Å². The molecule has 0 aliphatic carbocycles. The lowest BCUT2D eigenvalue weighted by atomic mass is 10.0. The smallest absolute Gasteiger partial charge is 0.306 e. The van der Waals surface area contributed by atoms with E-state index in [1.807, 2.05) is 0 Å². The lowest BCUT2D eigenvalue weighted by molar-refractivity contribution is -0.167. The Morgan fingerprint density at radius 2 is 0.629 bits per heavy atom. The Bertz CT molecular complexity index is 1130. The van der Waals surface area contributed by atoms with Crippen LogP contribution in [0.3, 0.4) is 0 Å². The van der Waals surface area contributed by atoms with Crippen molar-refractivity contribution in [1.29, 1.82) is 0 Å². The number of ether oxygens (including phenoxy) is 3. The molecule has 0 amide bonds.